The second-order valence-electron chi connectivity index (χ2n) is 4.51. The van der Waals surface area contributed by atoms with Gasteiger partial charge in [-0.25, -0.2) is 9.78 Å². The molecule has 0 fully saturated rings. The van der Waals surface area contributed by atoms with E-state index in [9.17, 15) is 15.0 Å². The van der Waals surface area contributed by atoms with Gasteiger partial charge in [-0.05, 0) is 36.4 Å². The molecular weight excluding hydrogens is 272 g/mol. The van der Waals surface area contributed by atoms with Gasteiger partial charge < -0.3 is 19.9 Å². The van der Waals surface area contributed by atoms with Crippen LogP contribution in [0, 0.1) is 0 Å². The summed E-state index contributed by atoms with van der Waals surface area (Å²) in [6.07, 6.45) is 0. The standard InChI is InChI=1S/C15H12N2O4/c1-21-15(20)9-2-4-10-11(6-9)17-14(16-10)8-3-5-12(18)13(19)7-8/h2-7,18-19H,1H3,(H,16,17). The highest BCUT2D eigenvalue weighted by Crippen LogP contribution is 2.30. The Hall–Kier alpha value is -3.02. The number of carbonyl (C=O) groups is 1. The number of carbonyl (C=O) groups excluding carboxylic acids is 1. The number of aromatic nitrogens is 2. The van der Waals surface area contributed by atoms with Crippen molar-refractivity contribution in [3.8, 4) is 22.9 Å². The summed E-state index contributed by atoms with van der Waals surface area (Å²) in [6, 6.07) is 9.42. The number of esters is 1. The average Bonchev–Trinajstić information content (AvgIpc) is 2.92. The summed E-state index contributed by atoms with van der Waals surface area (Å²) in [5.74, 6) is -0.302. The fourth-order valence-electron chi connectivity index (χ4n) is 2.06. The van der Waals surface area contributed by atoms with Crippen molar-refractivity contribution in [3.63, 3.8) is 0 Å². The topological polar surface area (TPSA) is 95.4 Å². The van der Waals surface area contributed by atoms with Gasteiger partial charge in [0, 0.05) is 5.56 Å². The number of benzene rings is 2. The molecular formula is C15H12N2O4. The first-order valence-corrected chi connectivity index (χ1v) is 6.19. The molecule has 0 aliphatic carbocycles. The Labute approximate surface area is 119 Å². The molecule has 106 valence electrons. The molecule has 0 saturated carbocycles. The maximum atomic E-state index is 11.5. The lowest BCUT2D eigenvalue weighted by Gasteiger charge is -1.99. The van der Waals surface area contributed by atoms with Gasteiger partial charge in [0.25, 0.3) is 0 Å². The number of fused-ring (bicyclic) bond motifs is 1. The third-order valence-electron chi connectivity index (χ3n) is 3.15. The van der Waals surface area contributed by atoms with Gasteiger partial charge >= 0.3 is 5.97 Å². The van der Waals surface area contributed by atoms with E-state index >= 15 is 0 Å². The zero-order valence-corrected chi connectivity index (χ0v) is 11.1. The fraction of sp³-hybridized carbons (Fsp3) is 0.0667. The van der Waals surface area contributed by atoms with Crippen LogP contribution in [0.1, 0.15) is 10.4 Å². The van der Waals surface area contributed by atoms with Crippen molar-refractivity contribution in [1.29, 1.82) is 0 Å². The molecule has 0 spiro atoms. The number of imidazole rings is 1. The molecule has 0 radical (unpaired) electrons. The number of hydrogen-bond acceptors (Lipinski definition) is 5. The highest BCUT2D eigenvalue weighted by Gasteiger charge is 2.11. The largest absolute Gasteiger partial charge is 0.504 e. The van der Waals surface area contributed by atoms with Gasteiger partial charge in [-0.1, -0.05) is 0 Å². The lowest BCUT2D eigenvalue weighted by atomic mass is 10.2. The second-order valence-corrected chi connectivity index (χ2v) is 4.51. The highest BCUT2D eigenvalue weighted by atomic mass is 16.5. The molecule has 6 heteroatoms. The van der Waals surface area contributed by atoms with Crippen LogP contribution >= 0.6 is 0 Å². The maximum Gasteiger partial charge on any atom is 0.337 e. The zero-order chi connectivity index (χ0) is 15.0. The van der Waals surface area contributed by atoms with Crippen LogP contribution in [-0.4, -0.2) is 33.3 Å². The summed E-state index contributed by atoms with van der Waals surface area (Å²) >= 11 is 0. The minimum atomic E-state index is -0.421. The number of phenols is 2. The second kappa shape index (κ2) is 4.82. The predicted octanol–water partition coefficient (Wildman–Crippen LogP) is 2.43. The number of aromatic hydroxyl groups is 2. The van der Waals surface area contributed by atoms with Crippen LogP contribution in [0.2, 0.25) is 0 Å². The summed E-state index contributed by atoms with van der Waals surface area (Å²) in [6.45, 7) is 0. The quantitative estimate of drug-likeness (QED) is 0.496. The normalized spacial score (nSPS) is 10.7. The van der Waals surface area contributed by atoms with Crippen LogP contribution in [-0.2, 0) is 4.74 Å². The summed E-state index contributed by atoms with van der Waals surface area (Å²) in [5.41, 5.74) is 2.42. The minimum Gasteiger partial charge on any atom is -0.504 e. The summed E-state index contributed by atoms with van der Waals surface area (Å²) < 4.78 is 4.67. The molecule has 0 atom stereocenters. The van der Waals surface area contributed by atoms with Gasteiger partial charge in [-0.3, -0.25) is 0 Å². The van der Waals surface area contributed by atoms with Crippen LogP contribution in [0.15, 0.2) is 36.4 Å². The first kappa shape index (κ1) is 13.0. The minimum absolute atomic E-state index is 0.192. The molecule has 3 N–H and O–H groups in total. The molecule has 0 saturated heterocycles. The van der Waals surface area contributed by atoms with Gasteiger partial charge in [0.05, 0.1) is 23.7 Å². The van der Waals surface area contributed by atoms with Crippen molar-refractivity contribution >= 4 is 17.0 Å². The van der Waals surface area contributed by atoms with E-state index in [0.29, 0.717) is 28.0 Å². The fourth-order valence-corrected chi connectivity index (χ4v) is 2.06. The Balaban J connectivity index is 2.08. The van der Waals surface area contributed by atoms with Crippen LogP contribution in [0.5, 0.6) is 11.5 Å². The molecule has 0 aliphatic heterocycles. The van der Waals surface area contributed by atoms with Gasteiger partial charge in [-0.15, -0.1) is 0 Å². The molecule has 0 aliphatic rings. The Morgan fingerprint density at radius 2 is 1.95 bits per heavy atom. The van der Waals surface area contributed by atoms with Crippen molar-refractivity contribution in [2.24, 2.45) is 0 Å². The number of nitrogens with one attached hydrogen (secondary N) is 1. The number of phenolic OH excluding ortho intramolecular Hbond substituents is 2. The van der Waals surface area contributed by atoms with Gasteiger partial charge in [0.2, 0.25) is 0 Å². The summed E-state index contributed by atoms with van der Waals surface area (Å²) in [7, 11) is 1.32. The van der Waals surface area contributed by atoms with Crippen molar-refractivity contribution in [2.75, 3.05) is 7.11 Å². The van der Waals surface area contributed by atoms with Crippen molar-refractivity contribution in [3.05, 3.63) is 42.0 Å². The Bertz CT molecular complexity index is 839. The van der Waals surface area contributed by atoms with E-state index in [1.807, 2.05) is 0 Å². The molecule has 1 heterocycles. The van der Waals surface area contributed by atoms with E-state index < -0.39 is 5.97 Å². The number of rotatable bonds is 2. The van der Waals surface area contributed by atoms with Crippen molar-refractivity contribution in [2.45, 2.75) is 0 Å². The number of nitrogens with zero attached hydrogens (tertiary/aromatic N) is 1. The van der Waals surface area contributed by atoms with Gasteiger partial charge in [0.1, 0.15) is 5.82 Å². The smallest absolute Gasteiger partial charge is 0.337 e. The SMILES string of the molecule is COC(=O)c1ccc2nc(-c3ccc(O)c(O)c3)[nH]c2c1. The first-order chi connectivity index (χ1) is 10.1. The molecule has 6 nitrogen and oxygen atoms in total. The average molecular weight is 284 g/mol. The molecule has 3 rings (SSSR count). The van der Waals surface area contributed by atoms with E-state index in [-0.39, 0.29) is 11.5 Å². The van der Waals surface area contributed by atoms with E-state index in [1.54, 1.807) is 24.3 Å². The Morgan fingerprint density at radius 1 is 1.14 bits per heavy atom. The van der Waals surface area contributed by atoms with Crippen LogP contribution in [0.25, 0.3) is 22.4 Å². The van der Waals surface area contributed by atoms with Crippen LogP contribution < -0.4 is 0 Å². The monoisotopic (exact) mass is 284 g/mol. The Morgan fingerprint density at radius 3 is 2.67 bits per heavy atom. The number of ether oxygens (including phenoxy) is 1. The number of hydrogen-bond donors (Lipinski definition) is 3. The van der Waals surface area contributed by atoms with Crippen molar-refractivity contribution < 1.29 is 19.7 Å². The third-order valence-corrected chi connectivity index (χ3v) is 3.15. The molecule has 21 heavy (non-hydrogen) atoms. The van der Waals surface area contributed by atoms with E-state index in [0.717, 1.165) is 0 Å². The number of methoxy groups -OCH3 is 1. The summed E-state index contributed by atoms with van der Waals surface area (Å²) in [5, 5.41) is 18.9. The van der Waals surface area contributed by atoms with E-state index in [4.69, 9.17) is 0 Å². The number of aromatic amines is 1. The highest BCUT2D eigenvalue weighted by molar-refractivity contribution is 5.94. The summed E-state index contributed by atoms with van der Waals surface area (Å²) in [4.78, 5) is 18.9. The molecule has 1 aromatic heterocycles. The molecule has 3 aromatic rings. The zero-order valence-electron chi connectivity index (χ0n) is 11.1. The molecule has 0 unspecified atom stereocenters. The number of H-pyrrole nitrogens is 1. The van der Waals surface area contributed by atoms with E-state index in [2.05, 4.69) is 14.7 Å². The molecule has 2 aromatic carbocycles. The first-order valence-electron chi connectivity index (χ1n) is 6.19. The maximum absolute atomic E-state index is 11.5. The van der Waals surface area contributed by atoms with E-state index in [1.165, 1.54) is 19.2 Å². The molecule has 0 bridgehead atoms. The Kier molecular flexibility index (Phi) is 2.98. The molecule has 0 amide bonds. The third kappa shape index (κ3) is 2.27. The van der Waals surface area contributed by atoms with Gasteiger partial charge in [-0.2, -0.15) is 0 Å². The predicted molar refractivity (Wildman–Crippen MR) is 76.2 cm³/mol. The lowest BCUT2D eigenvalue weighted by Crippen LogP contribution is -2.00. The van der Waals surface area contributed by atoms with Crippen molar-refractivity contribution in [1.82, 2.24) is 9.97 Å². The van der Waals surface area contributed by atoms with Crippen LogP contribution in [0.3, 0.4) is 0 Å². The lowest BCUT2D eigenvalue weighted by molar-refractivity contribution is 0.0601. The van der Waals surface area contributed by atoms with Crippen LogP contribution in [0.4, 0.5) is 0 Å². The van der Waals surface area contributed by atoms with Gasteiger partial charge in [0.15, 0.2) is 11.5 Å².